The molecule has 1 amide bonds. The lowest BCUT2D eigenvalue weighted by molar-refractivity contribution is 0.0590. The number of nitrogens with zero attached hydrogens (tertiary/aromatic N) is 2. The molecule has 1 fully saturated rings. The summed E-state index contributed by atoms with van der Waals surface area (Å²) in [5.41, 5.74) is 1.58. The number of benzene rings is 1. The summed E-state index contributed by atoms with van der Waals surface area (Å²) in [6.45, 7) is 2.03. The molecule has 1 saturated heterocycles. The first-order valence-electron chi connectivity index (χ1n) is 10.0. The highest BCUT2D eigenvalue weighted by atomic mass is 35.5. The van der Waals surface area contributed by atoms with Gasteiger partial charge in [-0.25, -0.2) is 0 Å². The van der Waals surface area contributed by atoms with Crippen LogP contribution < -0.4 is 10.3 Å². The maximum Gasteiger partial charge on any atom is 0.257 e. The number of hydrogen-bond donors (Lipinski definition) is 0. The molecule has 4 heterocycles. The van der Waals surface area contributed by atoms with E-state index in [0.717, 1.165) is 12.1 Å². The molecule has 2 atom stereocenters. The number of furan rings is 1. The minimum Gasteiger partial charge on any atom is -0.486 e. The summed E-state index contributed by atoms with van der Waals surface area (Å²) in [4.78, 5) is 27.4. The number of likely N-dealkylation sites (tertiary alicyclic amines) is 1. The van der Waals surface area contributed by atoms with E-state index in [0.29, 0.717) is 41.7 Å². The molecular formula is C23H21ClN2O4. The van der Waals surface area contributed by atoms with Crippen molar-refractivity contribution in [2.24, 2.45) is 5.92 Å². The molecule has 30 heavy (non-hydrogen) atoms. The number of piperidine rings is 1. The Bertz CT molecular complexity index is 1150. The second-order valence-corrected chi connectivity index (χ2v) is 8.35. The lowest BCUT2D eigenvalue weighted by atomic mass is 9.83. The fraction of sp³-hybridized carbons (Fsp3) is 0.304. The summed E-state index contributed by atoms with van der Waals surface area (Å²) >= 11 is 6.00. The summed E-state index contributed by atoms with van der Waals surface area (Å²) < 4.78 is 13.2. The van der Waals surface area contributed by atoms with Crippen LogP contribution in [0.15, 0.2) is 64.0 Å². The van der Waals surface area contributed by atoms with Crippen molar-refractivity contribution in [1.82, 2.24) is 9.47 Å². The average molecular weight is 425 g/mol. The molecule has 2 unspecified atom stereocenters. The summed E-state index contributed by atoms with van der Waals surface area (Å²) in [5, 5.41) is 0.586. The van der Waals surface area contributed by atoms with Crippen LogP contribution >= 0.6 is 11.6 Å². The lowest BCUT2D eigenvalue weighted by Crippen LogP contribution is -2.49. The van der Waals surface area contributed by atoms with Crippen molar-refractivity contribution in [3.8, 4) is 5.75 Å². The Labute approximate surface area is 178 Å². The Kier molecular flexibility index (Phi) is 4.87. The molecule has 0 aliphatic carbocycles. The number of pyridine rings is 1. The van der Waals surface area contributed by atoms with Crippen molar-refractivity contribution < 1.29 is 13.9 Å². The molecule has 2 aliphatic heterocycles. The number of aromatic nitrogens is 1. The van der Waals surface area contributed by atoms with Gasteiger partial charge in [-0.1, -0.05) is 23.7 Å². The van der Waals surface area contributed by atoms with E-state index in [2.05, 4.69) is 0 Å². The first kappa shape index (κ1) is 19.0. The van der Waals surface area contributed by atoms with Crippen molar-refractivity contribution >= 4 is 17.5 Å². The Hall–Kier alpha value is -2.99. The number of carbonyl (C=O) groups excluding carboxylic acids is 1. The van der Waals surface area contributed by atoms with Crippen LogP contribution in [0, 0.1) is 5.92 Å². The van der Waals surface area contributed by atoms with E-state index in [-0.39, 0.29) is 29.9 Å². The first-order valence-corrected chi connectivity index (χ1v) is 10.4. The predicted molar refractivity (Wildman–Crippen MR) is 112 cm³/mol. The zero-order valence-electron chi connectivity index (χ0n) is 16.3. The van der Waals surface area contributed by atoms with E-state index in [9.17, 15) is 9.59 Å². The molecule has 2 aromatic heterocycles. The Morgan fingerprint density at radius 1 is 1.13 bits per heavy atom. The quantitative estimate of drug-likeness (QED) is 0.636. The van der Waals surface area contributed by atoms with Crippen LogP contribution in [0.25, 0.3) is 0 Å². The van der Waals surface area contributed by atoms with E-state index < -0.39 is 0 Å². The van der Waals surface area contributed by atoms with Crippen molar-refractivity contribution in [2.45, 2.75) is 25.5 Å². The number of hydrogen-bond acceptors (Lipinski definition) is 4. The van der Waals surface area contributed by atoms with Gasteiger partial charge in [0.15, 0.2) is 5.76 Å². The van der Waals surface area contributed by atoms with Crippen molar-refractivity contribution in [2.75, 3.05) is 13.1 Å². The van der Waals surface area contributed by atoms with E-state index in [4.69, 9.17) is 20.8 Å². The van der Waals surface area contributed by atoms with Gasteiger partial charge < -0.3 is 18.6 Å². The largest absolute Gasteiger partial charge is 0.486 e. The van der Waals surface area contributed by atoms with Crippen LogP contribution in [-0.4, -0.2) is 28.5 Å². The average Bonchev–Trinajstić information content (AvgIpc) is 3.21. The van der Waals surface area contributed by atoms with Gasteiger partial charge in [0.2, 0.25) is 0 Å². The molecule has 0 saturated carbocycles. The summed E-state index contributed by atoms with van der Waals surface area (Å²) in [5.74, 6) is 1.50. The van der Waals surface area contributed by atoms with Crippen molar-refractivity contribution in [1.29, 1.82) is 0 Å². The summed E-state index contributed by atoms with van der Waals surface area (Å²) in [7, 11) is 0. The molecule has 7 heteroatoms. The van der Waals surface area contributed by atoms with E-state index in [1.54, 1.807) is 30.3 Å². The number of fused-ring (bicyclic) bond motifs is 4. The number of rotatable bonds is 4. The third kappa shape index (κ3) is 3.52. The minimum atomic E-state index is -0.0603. The second-order valence-electron chi connectivity index (χ2n) is 7.91. The molecule has 1 aromatic carbocycles. The van der Waals surface area contributed by atoms with E-state index in [1.807, 2.05) is 27.7 Å². The van der Waals surface area contributed by atoms with Crippen LogP contribution in [0.5, 0.6) is 5.75 Å². The standard InChI is InChI=1S/C23H21ClN2O4/c24-17-3-1-4-18(10-17)30-14-21-19(7-8-29-21)23(28)25-11-15-9-16(13-25)20-5-2-6-22(27)26(20)12-15/h1-8,10,15-16H,9,11-14H2. The number of ether oxygens (including phenoxy) is 1. The highest BCUT2D eigenvalue weighted by molar-refractivity contribution is 6.30. The maximum atomic E-state index is 13.3. The zero-order chi connectivity index (χ0) is 20.7. The van der Waals surface area contributed by atoms with Gasteiger partial charge >= 0.3 is 0 Å². The molecule has 0 N–H and O–H groups in total. The second kappa shape index (κ2) is 7.69. The topological polar surface area (TPSA) is 64.7 Å². The number of carbonyl (C=O) groups is 1. The lowest BCUT2D eigenvalue weighted by Gasteiger charge is -2.42. The van der Waals surface area contributed by atoms with Crippen LogP contribution in [0.4, 0.5) is 0 Å². The van der Waals surface area contributed by atoms with Crippen LogP contribution in [0.2, 0.25) is 5.02 Å². The molecule has 0 spiro atoms. The smallest absolute Gasteiger partial charge is 0.257 e. The van der Waals surface area contributed by atoms with Gasteiger partial charge in [-0.05, 0) is 42.7 Å². The fourth-order valence-corrected chi connectivity index (χ4v) is 4.76. The Morgan fingerprint density at radius 2 is 2.00 bits per heavy atom. The van der Waals surface area contributed by atoms with Gasteiger partial charge in [-0.3, -0.25) is 9.59 Å². The number of amides is 1. The molecule has 2 bridgehead atoms. The highest BCUT2D eigenvalue weighted by Crippen LogP contribution is 2.35. The van der Waals surface area contributed by atoms with Crippen LogP contribution in [0.3, 0.4) is 0 Å². The van der Waals surface area contributed by atoms with Crippen molar-refractivity contribution in [3.63, 3.8) is 0 Å². The van der Waals surface area contributed by atoms with Gasteiger partial charge in [0, 0.05) is 42.3 Å². The van der Waals surface area contributed by atoms with E-state index >= 15 is 0 Å². The molecule has 3 aromatic rings. The van der Waals surface area contributed by atoms with Gasteiger partial charge in [-0.15, -0.1) is 0 Å². The number of halogens is 1. The van der Waals surface area contributed by atoms with Gasteiger partial charge in [0.05, 0.1) is 11.8 Å². The summed E-state index contributed by atoms with van der Waals surface area (Å²) in [6, 6.07) is 14.2. The van der Waals surface area contributed by atoms with Crippen LogP contribution in [-0.2, 0) is 13.2 Å². The highest BCUT2D eigenvalue weighted by Gasteiger charge is 2.37. The molecule has 2 aliphatic rings. The molecule has 5 rings (SSSR count). The fourth-order valence-electron chi connectivity index (χ4n) is 4.58. The minimum absolute atomic E-state index is 0.0391. The third-order valence-electron chi connectivity index (χ3n) is 5.91. The molecule has 0 radical (unpaired) electrons. The normalized spacial score (nSPS) is 20.0. The monoisotopic (exact) mass is 424 g/mol. The Balaban J connectivity index is 1.33. The molecule has 154 valence electrons. The molecular weight excluding hydrogens is 404 g/mol. The maximum absolute atomic E-state index is 13.3. The van der Waals surface area contributed by atoms with Gasteiger partial charge in [0.25, 0.3) is 11.5 Å². The third-order valence-corrected chi connectivity index (χ3v) is 6.14. The SMILES string of the molecule is O=C(c1ccoc1COc1cccc(Cl)c1)N1CC2CC(C1)c1cccc(=O)n1C2. The first-order chi connectivity index (χ1) is 14.6. The van der Waals surface area contributed by atoms with Crippen molar-refractivity contribution in [3.05, 3.63) is 87.2 Å². The van der Waals surface area contributed by atoms with E-state index in [1.165, 1.54) is 6.26 Å². The summed E-state index contributed by atoms with van der Waals surface area (Å²) in [6.07, 6.45) is 2.52. The predicted octanol–water partition coefficient (Wildman–Crippen LogP) is 3.93. The van der Waals surface area contributed by atoms with Gasteiger partial charge in [-0.2, -0.15) is 0 Å². The Morgan fingerprint density at radius 3 is 2.87 bits per heavy atom. The van der Waals surface area contributed by atoms with Crippen LogP contribution in [0.1, 0.15) is 34.2 Å². The zero-order valence-corrected chi connectivity index (χ0v) is 17.0. The van der Waals surface area contributed by atoms with Gasteiger partial charge in [0.1, 0.15) is 12.4 Å². The molecule has 6 nitrogen and oxygen atoms in total.